The highest BCUT2D eigenvalue weighted by molar-refractivity contribution is 5.85. The number of carbonyl (C=O) groups excluding carboxylic acids is 1. The van der Waals surface area contributed by atoms with Crippen molar-refractivity contribution in [1.29, 1.82) is 0 Å². The summed E-state index contributed by atoms with van der Waals surface area (Å²) >= 11 is 0. The molecule has 0 fully saturated rings. The molecule has 1 rings (SSSR count). The maximum Gasteiger partial charge on any atom is 0.237 e. The zero-order chi connectivity index (χ0) is 11.8. The van der Waals surface area contributed by atoms with E-state index in [1.165, 1.54) is 0 Å². The van der Waals surface area contributed by atoms with Crippen LogP contribution in [0.2, 0.25) is 0 Å². The molecule has 3 N–H and O–H groups in total. The summed E-state index contributed by atoms with van der Waals surface area (Å²) in [7, 11) is 0. The van der Waals surface area contributed by atoms with Crippen LogP contribution in [0.5, 0.6) is 0 Å². The van der Waals surface area contributed by atoms with Crippen LogP contribution < -0.4 is 11.1 Å². The molecule has 1 atom stereocenters. The average Bonchev–Trinajstić information content (AvgIpc) is 2.30. The second-order valence-electron chi connectivity index (χ2n) is 3.54. The van der Waals surface area contributed by atoms with Crippen molar-refractivity contribution in [1.82, 2.24) is 5.32 Å². The van der Waals surface area contributed by atoms with E-state index in [1.54, 1.807) is 0 Å². The summed E-state index contributed by atoms with van der Waals surface area (Å²) in [5.41, 5.74) is 6.83. The molecule has 0 aromatic heterocycles. The molecule has 0 saturated heterocycles. The fourth-order valence-corrected chi connectivity index (χ4v) is 1.35. The molecular weight excluding hydrogens is 236 g/mol. The van der Waals surface area contributed by atoms with Crippen molar-refractivity contribution in [3.63, 3.8) is 0 Å². The molecule has 1 aromatic rings. The summed E-state index contributed by atoms with van der Waals surface area (Å²) in [4.78, 5) is 11.5. The zero-order valence-electron chi connectivity index (χ0n) is 9.56. The van der Waals surface area contributed by atoms with Crippen molar-refractivity contribution in [2.24, 2.45) is 5.73 Å². The normalized spacial score (nSPS) is 10.8. The van der Waals surface area contributed by atoms with Gasteiger partial charge in [0.05, 0.1) is 6.04 Å². The van der Waals surface area contributed by atoms with Crippen LogP contribution in [0.1, 0.15) is 12.0 Å². The maximum absolute atomic E-state index is 11.5. The van der Waals surface area contributed by atoms with E-state index < -0.39 is 6.04 Å². The van der Waals surface area contributed by atoms with Crippen LogP contribution in [0, 0.1) is 12.3 Å². The number of nitrogens with two attached hydrogens (primary N) is 1. The van der Waals surface area contributed by atoms with Crippen molar-refractivity contribution in [2.45, 2.75) is 18.9 Å². The molecule has 4 heteroatoms. The lowest BCUT2D eigenvalue weighted by Gasteiger charge is -2.11. The van der Waals surface area contributed by atoms with E-state index in [1.807, 2.05) is 30.3 Å². The first-order valence-corrected chi connectivity index (χ1v) is 5.24. The molecule has 0 radical (unpaired) electrons. The quantitative estimate of drug-likeness (QED) is 0.610. The molecule has 1 aromatic carbocycles. The van der Waals surface area contributed by atoms with Crippen LogP contribution in [-0.2, 0) is 11.2 Å². The lowest BCUT2D eigenvalue weighted by Crippen LogP contribution is -2.42. The summed E-state index contributed by atoms with van der Waals surface area (Å²) in [5, 5.41) is 2.70. The van der Waals surface area contributed by atoms with Gasteiger partial charge in [-0.1, -0.05) is 30.3 Å². The summed E-state index contributed by atoms with van der Waals surface area (Å²) in [5.74, 6) is 2.30. The van der Waals surface area contributed by atoms with Gasteiger partial charge in [0.2, 0.25) is 5.91 Å². The van der Waals surface area contributed by atoms with E-state index >= 15 is 0 Å². The Morgan fingerprint density at radius 1 is 1.41 bits per heavy atom. The fraction of sp³-hybridized carbons (Fsp3) is 0.308. The van der Waals surface area contributed by atoms with Gasteiger partial charge in [0.1, 0.15) is 0 Å². The summed E-state index contributed by atoms with van der Waals surface area (Å²) in [6.45, 7) is 0.484. The monoisotopic (exact) mass is 252 g/mol. The van der Waals surface area contributed by atoms with E-state index in [0.717, 1.165) is 5.56 Å². The molecule has 1 unspecified atom stereocenters. The number of rotatable bonds is 5. The number of amides is 1. The molecule has 1 amide bonds. The molecule has 17 heavy (non-hydrogen) atoms. The highest BCUT2D eigenvalue weighted by atomic mass is 35.5. The number of nitrogens with one attached hydrogen (secondary N) is 1. The van der Waals surface area contributed by atoms with Crippen molar-refractivity contribution >= 4 is 18.3 Å². The minimum absolute atomic E-state index is 0. The second-order valence-corrected chi connectivity index (χ2v) is 3.54. The van der Waals surface area contributed by atoms with E-state index in [0.29, 0.717) is 19.4 Å². The van der Waals surface area contributed by atoms with E-state index in [9.17, 15) is 4.79 Å². The first-order chi connectivity index (χ1) is 7.74. The van der Waals surface area contributed by atoms with Crippen molar-refractivity contribution in [3.05, 3.63) is 35.9 Å². The van der Waals surface area contributed by atoms with Gasteiger partial charge in [0.25, 0.3) is 0 Å². The summed E-state index contributed by atoms with van der Waals surface area (Å²) in [6.07, 6.45) is 6.16. The van der Waals surface area contributed by atoms with Crippen LogP contribution in [0.4, 0.5) is 0 Å². The largest absolute Gasteiger partial charge is 0.354 e. The van der Waals surface area contributed by atoms with Gasteiger partial charge >= 0.3 is 0 Å². The minimum Gasteiger partial charge on any atom is -0.354 e. The Morgan fingerprint density at radius 3 is 2.65 bits per heavy atom. The molecular formula is C13H17ClN2O. The van der Waals surface area contributed by atoms with Crippen LogP contribution in [0.25, 0.3) is 0 Å². The molecule has 0 bridgehead atoms. The lowest BCUT2D eigenvalue weighted by atomic mass is 10.1. The van der Waals surface area contributed by atoms with Gasteiger partial charge in [-0.15, -0.1) is 24.8 Å². The van der Waals surface area contributed by atoms with Crippen molar-refractivity contribution < 1.29 is 4.79 Å². The average molecular weight is 253 g/mol. The first-order valence-electron chi connectivity index (χ1n) is 5.24. The Morgan fingerprint density at radius 2 is 2.06 bits per heavy atom. The van der Waals surface area contributed by atoms with Gasteiger partial charge in [-0.05, 0) is 12.0 Å². The smallest absolute Gasteiger partial charge is 0.237 e. The first kappa shape index (κ1) is 15.5. The van der Waals surface area contributed by atoms with E-state index in [-0.39, 0.29) is 18.3 Å². The van der Waals surface area contributed by atoms with Gasteiger partial charge in [-0.3, -0.25) is 4.79 Å². The SMILES string of the molecule is C#CCCNC(=O)C(N)Cc1ccccc1.Cl. The third kappa shape index (κ3) is 5.96. The van der Waals surface area contributed by atoms with E-state index in [4.69, 9.17) is 12.2 Å². The summed E-state index contributed by atoms with van der Waals surface area (Å²) in [6, 6.07) is 9.18. The zero-order valence-corrected chi connectivity index (χ0v) is 10.4. The van der Waals surface area contributed by atoms with Crippen molar-refractivity contribution in [3.8, 4) is 12.3 Å². The van der Waals surface area contributed by atoms with Crippen molar-refractivity contribution in [2.75, 3.05) is 6.54 Å². The Hall–Kier alpha value is -1.50. The molecule has 0 aliphatic rings. The van der Waals surface area contributed by atoms with E-state index in [2.05, 4.69) is 11.2 Å². The minimum atomic E-state index is -0.514. The number of benzene rings is 1. The predicted octanol–water partition coefficient (Wildman–Crippen LogP) is 1.12. The van der Waals surface area contributed by atoms with Crippen LogP contribution in [-0.4, -0.2) is 18.5 Å². The topological polar surface area (TPSA) is 55.1 Å². The highest BCUT2D eigenvalue weighted by Gasteiger charge is 2.12. The Balaban J connectivity index is 0.00000256. The molecule has 0 saturated carbocycles. The molecule has 0 heterocycles. The maximum atomic E-state index is 11.5. The molecule has 0 aliphatic heterocycles. The standard InChI is InChI=1S/C13H16N2O.ClH/c1-2-3-9-15-13(16)12(14)10-11-7-5-4-6-8-11;/h1,4-8,12H,3,9-10,14H2,(H,15,16);1H. The molecule has 92 valence electrons. The lowest BCUT2D eigenvalue weighted by molar-refractivity contribution is -0.122. The molecule has 0 aliphatic carbocycles. The third-order valence-electron chi connectivity index (χ3n) is 2.20. The van der Waals surface area contributed by atoms with Crippen LogP contribution in [0.15, 0.2) is 30.3 Å². The van der Waals surface area contributed by atoms with Gasteiger partial charge in [0, 0.05) is 13.0 Å². The Kier molecular flexibility index (Phi) is 7.87. The van der Waals surface area contributed by atoms with Gasteiger partial charge in [0.15, 0.2) is 0 Å². The molecule has 3 nitrogen and oxygen atoms in total. The predicted molar refractivity (Wildman–Crippen MR) is 71.8 cm³/mol. The Labute approximate surface area is 108 Å². The fourth-order valence-electron chi connectivity index (χ4n) is 1.35. The number of hydrogen-bond donors (Lipinski definition) is 2. The van der Waals surface area contributed by atoms with Crippen LogP contribution in [0.3, 0.4) is 0 Å². The third-order valence-corrected chi connectivity index (χ3v) is 2.20. The second kappa shape index (κ2) is 8.63. The number of halogens is 1. The van der Waals surface area contributed by atoms with Crippen LogP contribution >= 0.6 is 12.4 Å². The highest BCUT2D eigenvalue weighted by Crippen LogP contribution is 2.01. The number of hydrogen-bond acceptors (Lipinski definition) is 2. The summed E-state index contributed by atoms with van der Waals surface area (Å²) < 4.78 is 0. The number of terminal acetylenes is 1. The van der Waals surface area contributed by atoms with Gasteiger partial charge < -0.3 is 11.1 Å². The molecule has 0 spiro atoms. The van der Waals surface area contributed by atoms with Gasteiger partial charge in [-0.2, -0.15) is 0 Å². The number of carbonyl (C=O) groups is 1. The van der Waals surface area contributed by atoms with Gasteiger partial charge in [-0.25, -0.2) is 0 Å². The Bertz CT molecular complexity index is 373.